The molecule has 1 N–H and O–H groups in total. The molecule has 7 nitrogen and oxygen atoms in total. The molecule has 2 heterocycles. The number of pyridine rings is 1. The smallest absolute Gasteiger partial charge is 0.388 e. The van der Waals surface area contributed by atoms with E-state index in [1.54, 1.807) is 0 Å². The maximum Gasteiger partial charge on any atom is 0.417 e. The van der Waals surface area contributed by atoms with E-state index >= 15 is 0 Å². The number of carbonyl (C=O) groups excluding carboxylic acids is 1. The van der Waals surface area contributed by atoms with Crippen LogP contribution in [0.2, 0.25) is 0 Å². The van der Waals surface area contributed by atoms with E-state index < -0.39 is 47.9 Å². The number of tetrazole rings is 1. The summed E-state index contributed by atoms with van der Waals surface area (Å²) < 4.78 is 67.3. The number of ketones is 1. The first-order valence-electron chi connectivity index (χ1n) is 7.62. The van der Waals surface area contributed by atoms with Crippen molar-refractivity contribution in [2.45, 2.75) is 12.7 Å². The van der Waals surface area contributed by atoms with Crippen molar-refractivity contribution in [2.24, 2.45) is 0 Å². The van der Waals surface area contributed by atoms with Crippen LogP contribution in [0, 0.1) is 11.6 Å². The number of Topliss-reactive ketones (excluding diaryl/α,β-unsaturated/α-hetero) is 1. The van der Waals surface area contributed by atoms with Crippen LogP contribution in [0.25, 0.3) is 11.5 Å². The summed E-state index contributed by atoms with van der Waals surface area (Å²) in [5.74, 6) is -3.11. The molecule has 146 valence electrons. The number of benzene rings is 1. The van der Waals surface area contributed by atoms with E-state index in [-0.39, 0.29) is 17.1 Å². The van der Waals surface area contributed by atoms with Crippen molar-refractivity contribution in [1.29, 1.82) is 0 Å². The van der Waals surface area contributed by atoms with Crippen molar-refractivity contribution in [2.75, 3.05) is 6.61 Å². The maximum absolute atomic E-state index is 14.2. The van der Waals surface area contributed by atoms with Crippen molar-refractivity contribution >= 4 is 5.78 Å². The lowest BCUT2D eigenvalue weighted by atomic mass is 10.1. The summed E-state index contributed by atoms with van der Waals surface area (Å²) in [7, 11) is 0. The SMILES string of the molecule is O=C(CO)c1cc(F)c(Cn2nnnc2-c2ccc(C(F)(F)F)cn2)c(F)c1. The fourth-order valence-electron chi connectivity index (χ4n) is 2.34. The van der Waals surface area contributed by atoms with Crippen LogP contribution in [-0.2, 0) is 12.7 Å². The molecule has 0 saturated heterocycles. The van der Waals surface area contributed by atoms with Gasteiger partial charge in [-0.3, -0.25) is 9.78 Å². The van der Waals surface area contributed by atoms with Gasteiger partial charge in [0.25, 0.3) is 0 Å². The molecule has 0 saturated carbocycles. The van der Waals surface area contributed by atoms with Gasteiger partial charge in [0.1, 0.15) is 23.9 Å². The minimum atomic E-state index is -4.57. The molecule has 0 radical (unpaired) electrons. The molecule has 0 unspecified atom stereocenters. The molecule has 0 fully saturated rings. The molecule has 0 aliphatic rings. The maximum atomic E-state index is 14.2. The van der Waals surface area contributed by atoms with Gasteiger partial charge >= 0.3 is 6.18 Å². The molecule has 3 rings (SSSR count). The van der Waals surface area contributed by atoms with Gasteiger partial charge in [0.15, 0.2) is 5.78 Å². The molecule has 0 spiro atoms. The van der Waals surface area contributed by atoms with Gasteiger partial charge in [-0.15, -0.1) is 5.10 Å². The predicted molar refractivity (Wildman–Crippen MR) is 82.9 cm³/mol. The summed E-state index contributed by atoms with van der Waals surface area (Å²) >= 11 is 0. The number of nitrogens with zero attached hydrogens (tertiary/aromatic N) is 5. The molecule has 1 aromatic carbocycles. The molecular formula is C16H10F5N5O2. The molecule has 0 amide bonds. The monoisotopic (exact) mass is 399 g/mol. The molecule has 0 atom stereocenters. The topological polar surface area (TPSA) is 93.8 Å². The number of hydrogen-bond acceptors (Lipinski definition) is 6. The van der Waals surface area contributed by atoms with Gasteiger partial charge in [-0.2, -0.15) is 13.2 Å². The Kier molecular flexibility index (Phi) is 5.14. The molecule has 28 heavy (non-hydrogen) atoms. The van der Waals surface area contributed by atoms with E-state index in [0.29, 0.717) is 6.20 Å². The van der Waals surface area contributed by atoms with Crippen LogP contribution in [0.15, 0.2) is 30.5 Å². The van der Waals surface area contributed by atoms with Gasteiger partial charge in [-0.05, 0) is 34.7 Å². The van der Waals surface area contributed by atoms with Gasteiger partial charge < -0.3 is 5.11 Å². The fourth-order valence-corrected chi connectivity index (χ4v) is 2.34. The van der Waals surface area contributed by atoms with Crippen molar-refractivity contribution in [3.63, 3.8) is 0 Å². The zero-order valence-electron chi connectivity index (χ0n) is 13.8. The standard InChI is InChI=1S/C16H10F5N5O2/c17-11-3-8(14(28)7-27)4-12(18)10(11)6-26-15(23-24-25-26)13-2-1-9(5-22-13)16(19,20)21/h1-5,27H,6-7H2. The number of aliphatic hydroxyl groups excluding tert-OH is 1. The molecular weight excluding hydrogens is 389 g/mol. The number of alkyl halides is 3. The van der Waals surface area contributed by atoms with Gasteiger partial charge in [-0.1, -0.05) is 0 Å². The minimum Gasteiger partial charge on any atom is -0.388 e. The number of aromatic nitrogens is 5. The summed E-state index contributed by atoms with van der Waals surface area (Å²) in [6.45, 7) is -1.41. The second-order valence-corrected chi connectivity index (χ2v) is 5.59. The third kappa shape index (κ3) is 3.86. The first kappa shape index (κ1) is 19.5. The Hall–Kier alpha value is -3.28. The molecule has 0 aliphatic carbocycles. The summed E-state index contributed by atoms with van der Waals surface area (Å²) in [5.41, 5.74) is -1.83. The third-order valence-corrected chi connectivity index (χ3v) is 3.77. The average Bonchev–Trinajstić information content (AvgIpc) is 3.11. The van der Waals surface area contributed by atoms with Crippen LogP contribution in [0.4, 0.5) is 22.0 Å². The fraction of sp³-hybridized carbons (Fsp3) is 0.188. The van der Waals surface area contributed by atoms with Gasteiger partial charge in [0.2, 0.25) is 5.82 Å². The largest absolute Gasteiger partial charge is 0.417 e. The Balaban J connectivity index is 1.92. The van der Waals surface area contributed by atoms with E-state index in [1.807, 2.05) is 0 Å². The summed E-state index contributed by atoms with van der Waals surface area (Å²) in [6.07, 6.45) is -3.98. The zero-order valence-corrected chi connectivity index (χ0v) is 13.8. The summed E-state index contributed by atoms with van der Waals surface area (Å²) in [6, 6.07) is 3.33. The Bertz CT molecular complexity index is 994. The molecule has 3 aromatic rings. The second kappa shape index (κ2) is 7.38. The lowest BCUT2D eigenvalue weighted by molar-refractivity contribution is -0.137. The van der Waals surface area contributed by atoms with Crippen molar-refractivity contribution in [1.82, 2.24) is 25.2 Å². The van der Waals surface area contributed by atoms with Crippen LogP contribution in [0.5, 0.6) is 0 Å². The van der Waals surface area contributed by atoms with E-state index in [9.17, 15) is 26.7 Å². The molecule has 12 heteroatoms. The number of carbonyl (C=O) groups is 1. The summed E-state index contributed by atoms with van der Waals surface area (Å²) in [5, 5.41) is 19.3. The molecule has 2 aromatic heterocycles. The predicted octanol–water partition coefficient (Wildman–Crippen LogP) is 2.26. The second-order valence-electron chi connectivity index (χ2n) is 5.59. The van der Waals surface area contributed by atoms with Crippen molar-refractivity contribution in [3.05, 3.63) is 58.8 Å². The van der Waals surface area contributed by atoms with Crippen LogP contribution < -0.4 is 0 Å². The highest BCUT2D eigenvalue weighted by Gasteiger charge is 2.31. The van der Waals surface area contributed by atoms with Crippen LogP contribution in [0.1, 0.15) is 21.5 Å². The normalized spacial score (nSPS) is 11.6. The Morgan fingerprint density at radius 3 is 2.36 bits per heavy atom. The third-order valence-electron chi connectivity index (χ3n) is 3.77. The van der Waals surface area contributed by atoms with E-state index in [4.69, 9.17) is 5.11 Å². The van der Waals surface area contributed by atoms with E-state index in [2.05, 4.69) is 20.5 Å². The first-order valence-corrected chi connectivity index (χ1v) is 7.62. The van der Waals surface area contributed by atoms with Gasteiger partial charge in [-0.25, -0.2) is 13.5 Å². The number of hydrogen-bond donors (Lipinski definition) is 1. The minimum absolute atomic E-state index is 0.0362. The van der Waals surface area contributed by atoms with Gasteiger partial charge in [0.05, 0.1) is 12.1 Å². The summed E-state index contributed by atoms with van der Waals surface area (Å²) in [4.78, 5) is 15.0. The molecule has 0 bridgehead atoms. The van der Waals surface area contributed by atoms with Crippen molar-refractivity contribution in [3.8, 4) is 11.5 Å². The Labute approximate surface area is 153 Å². The van der Waals surface area contributed by atoms with Crippen LogP contribution in [0.3, 0.4) is 0 Å². The number of aliphatic hydroxyl groups is 1. The van der Waals surface area contributed by atoms with Crippen LogP contribution >= 0.6 is 0 Å². The Morgan fingerprint density at radius 2 is 1.82 bits per heavy atom. The average molecular weight is 399 g/mol. The first-order chi connectivity index (χ1) is 13.2. The highest BCUT2D eigenvalue weighted by atomic mass is 19.4. The zero-order chi connectivity index (χ0) is 20.5. The van der Waals surface area contributed by atoms with Crippen molar-refractivity contribution < 1.29 is 31.9 Å². The van der Waals surface area contributed by atoms with Gasteiger partial charge in [0, 0.05) is 17.3 Å². The highest BCUT2D eigenvalue weighted by Crippen LogP contribution is 2.29. The number of halogens is 5. The quantitative estimate of drug-likeness (QED) is 0.523. The van der Waals surface area contributed by atoms with Crippen LogP contribution in [-0.4, -0.2) is 42.7 Å². The lowest BCUT2D eigenvalue weighted by Crippen LogP contribution is -2.12. The van der Waals surface area contributed by atoms with E-state index in [0.717, 1.165) is 28.9 Å². The highest BCUT2D eigenvalue weighted by molar-refractivity contribution is 5.97. The Morgan fingerprint density at radius 1 is 1.14 bits per heavy atom. The molecule has 0 aliphatic heterocycles. The number of rotatable bonds is 5. The lowest BCUT2D eigenvalue weighted by Gasteiger charge is -2.09. The van der Waals surface area contributed by atoms with E-state index in [1.165, 1.54) is 0 Å².